The lowest BCUT2D eigenvalue weighted by Crippen LogP contribution is -2.44. The summed E-state index contributed by atoms with van der Waals surface area (Å²) in [6.45, 7) is 3.41. The van der Waals surface area contributed by atoms with Crippen LogP contribution >= 0.6 is 11.3 Å². The van der Waals surface area contributed by atoms with Crippen molar-refractivity contribution in [1.82, 2.24) is 19.0 Å². The molecular formula is C19H22N4O2S. The van der Waals surface area contributed by atoms with Crippen LogP contribution in [0.25, 0.3) is 11.2 Å². The van der Waals surface area contributed by atoms with E-state index < -0.39 is 0 Å². The number of hydrogen-bond acceptors (Lipinski definition) is 4. The fourth-order valence-electron chi connectivity index (χ4n) is 3.69. The van der Waals surface area contributed by atoms with Crippen LogP contribution in [0.15, 0.2) is 40.6 Å². The van der Waals surface area contributed by atoms with Gasteiger partial charge in [-0.2, -0.15) is 0 Å². The maximum absolute atomic E-state index is 13.0. The van der Waals surface area contributed by atoms with E-state index in [0.717, 1.165) is 30.7 Å². The molecule has 26 heavy (non-hydrogen) atoms. The molecule has 1 saturated heterocycles. The predicted octanol–water partition coefficient (Wildman–Crippen LogP) is 2.71. The number of likely N-dealkylation sites (tertiary alicyclic amines) is 1. The molecular weight excluding hydrogens is 348 g/mol. The molecule has 1 aliphatic rings. The number of thiophene rings is 1. The average Bonchev–Trinajstić information content (AvgIpc) is 3.25. The molecule has 0 bridgehead atoms. The van der Waals surface area contributed by atoms with Gasteiger partial charge in [-0.3, -0.25) is 13.9 Å². The predicted molar refractivity (Wildman–Crippen MR) is 102 cm³/mol. The number of aromatic nitrogens is 3. The van der Waals surface area contributed by atoms with Crippen LogP contribution in [0.3, 0.4) is 0 Å². The first-order chi connectivity index (χ1) is 12.6. The number of pyridine rings is 1. The topological polar surface area (TPSA) is 60.1 Å². The molecule has 1 aliphatic heterocycles. The first-order valence-corrected chi connectivity index (χ1v) is 9.89. The number of fused-ring (bicyclic) bond motifs is 1. The zero-order valence-electron chi connectivity index (χ0n) is 14.8. The summed E-state index contributed by atoms with van der Waals surface area (Å²) in [4.78, 5) is 33.3. The summed E-state index contributed by atoms with van der Waals surface area (Å²) in [5, 5.41) is 1.99. The number of piperidine rings is 1. The summed E-state index contributed by atoms with van der Waals surface area (Å²) in [5.41, 5.74) is 1.17. The van der Waals surface area contributed by atoms with E-state index >= 15 is 0 Å². The third-order valence-electron chi connectivity index (χ3n) is 5.09. The van der Waals surface area contributed by atoms with Crippen LogP contribution in [0.4, 0.5) is 0 Å². The summed E-state index contributed by atoms with van der Waals surface area (Å²) in [6, 6.07) is 7.89. The smallest absolute Gasteiger partial charge is 0.331 e. The Hall–Kier alpha value is -2.41. The van der Waals surface area contributed by atoms with E-state index in [1.807, 2.05) is 34.5 Å². The Kier molecular flexibility index (Phi) is 4.63. The normalized spacial score (nSPS) is 17.7. The SMILES string of the molecule is C[C@H]1CCCCN1C(=O)Cn1c(=O)n(Cc2cccs2)c2ncccc21. The van der Waals surface area contributed by atoms with Crippen LogP contribution in [0.1, 0.15) is 31.1 Å². The van der Waals surface area contributed by atoms with E-state index in [0.29, 0.717) is 17.7 Å². The molecule has 0 radical (unpaired) electrons. The van der Waals surface area contributed by atoms with E-state index in [1.54, 1.807) is 26.7 Å². The summed E-state index contributed by atoms with van der Waals surface area (Å²) >= 11 is 1.61. The molecule has 0 spiro atoms. The molecule has 1 atom stereocenters. The maximum Gasteiger partial charge on any atom is 0.331 e. The van der Waals surface area contributed by atoms with Gasteiger partial charge in [0.15, 0.2) is 5.65 Å². The fourth-order valence-corrected chi connectivity index (χ4v) is 4.39. The van der Waals surface area contributed by atoms with Crippen molar-refractivity contribution in [1.29, 1.82) is 0 Å². The minimum Gasteiger partial charge on any atom is -0.338 e. The van der Waals surface area contributed by atoms with Crippen molar-refractivity contribution >= 4 is 28.4 Å². The highest BCUT2D eigenvalue weighted by Gasteiger charge is 2.25. The van der Waals surface area contributed by atoms with Crippen molar-refractivity contribution in [3.63, 3.8) is 0 Å². The second-order valence-electron chi connectivity index (χ2n) is 6.81. The first-order valence-electron chi connectivity index (χ1n) is 9.01. The summed E-state index contributed by atoms with van der Waals surface area (Å²) in [5.74, 6) is 0.0123. The molecule has 0 aliphatic carbocycles. The number of hydrogen-bond donors (Lipinski definition) is 0. The largest absolute Gasteiger partial charge is 0.338 e. The van der Waals surface area contributed by atoms with Crippen LogP contribution in [0, 0.1) is 0 Å². The van der Waals surface area contributed by atoms with Gasteiger partial charge in [0.05, 0.1) is 12.1 Å². The second-order valence-corrected chi connectivity index (χ2v) is 7.84. The molecule has 3 aromatic heterocycles. The van der Waals surface area contributed by atoms with E-state index in [9.17, 15) is 9.59 Å². The van der Waals surface area contributed by atoms with Gasteiger partial charge in [-0.1, -0.05) is 6.07 Å². The Labute approximate surface area is 155 Å². The molecule has 6 nitrogen and oxygen atoms in total. The highest BCUT2D eigenvalue weighted by Crippen LogP contribution is 2.18. The second kappa shape index (κ2) is 7.07. The number of rotatable bonds is 4. The van der Waals surface area contributed by atoms with Crippen LogP contribution < -0.4 is 5.69 Å². The van der Waals surface area contributed by atoms with Gasteiger partial charge in [-0.25, -0.2) is 9.78 Å². The van der Waals surface area contributed by atoms with E-state index in [-0.39, 0.29) is 24.2 Å². The molecule has 4 rings (SSSR count). The van der Waals surface area contributed by atoms with Crippen LogP contribution in [0.5, 0.6) is 0 Å². The minimum absolute atomic E-state index is 0.0123. The lowest BCUT2D eigenvalue weighted by Gasteiger charge is -2.33. The molecule has 0 aromatic carbocycles. The summed E-state index contributed by atoms with van der Waals surface area (Å²) < 4.78 is 3.23. The summed E-state index contributed by atoms with van der Waals surface area (Å²) in [6.07, 6.45) is 4.91. The van der Waals surface area contributed by atoms with E-state index in [1.165, 1.54) is 0 Å². The van der Waals surface area contributed by atoms with E-state index in [4.69, 9.17) is 0 Å². The Morgan fingerprint density at radius 1 is 1.27 bits per heavy atom. The molecule has 3 aromatic rings. The van der Waals surface area contributed by atoms with Crippen molar-refractivity contribution in [2.75, 3.05) is 6.54 Å². The third-order valence-corrected chi connectivity index (χ3v) is 5.95. The first kappa shape index (κ1) is 17.0. The highest BCUT2D eigenvalue weighted by molar-refractivity contribution is 7.09. The lowest BCUT2D eigenvalue weighted by atomic mass is 10.0. The van der Waals surface area contributed by atoms with Gasteiger partial charge in [0.25, 0.3) is 0 Å². The number of carbonyl (C=O) groups is 1. The Bertz CT molecular complexity index is 973. The van der Waals surface area contributed by atoms with Gasteiger partial charge in [0, 0.05) is 23.7 Å². The molecule has 1 fully saturated rings. The Morgan fingerprint density at radius 3 is 2.92 bits per heavy atom. The zero-order chi connectivity index (χ0) is 18.1. The maximum atomic E-state index is 13.0. The molecule has 7 heteroatoms. The fraction of sp³-hybridized carbons (Fsp3) is 0.421. The summed E-state index contributed by atoms with van der Waals surface area (Å²) in [7, 11) is 0. The number of imidazole rings is 1. The molecule has 0 unspecified atom stereocenters. The molecule has 136 valence electrons. The quantitative estimate of drug-likeness (QED) is 0.709. The van der Waals surface area contributed by atoms with Gasteiger partial charge < -0.3 is 4.90 Å². The Morgan fingerprint density at radius 2 is 2.15 bits per heavy atom. The number of amides is 1. The van der Waals surface area contributed by atoms with Crippen LogP contribution in [-0.4, -0.2) is 37.5 Å². The van der Waals surface area contributed by atoms with Gasteiger partial charge in [0.2, 0.25) is 5.91 Å². The van der Waals surface area contributed by atoms with Crippen molar-refractivity contribution in [2.24, 2.45) is 0 Å². The Balaban J connectivity index is 1.70. The molecule has 1 amide bonds. The van der Waals surface area contributed by atoms with Gasteiger partial charge in [-0.05, 0) is 49.8 Å². The standard InChI is InChI=1S/C19H22N4O2S/c1-14-6-2-3-10-21(14)17(24)13-22-16-8-4-9-20-18(16)23(19(22)25)12-15-7-5-11-26-15/h4-5,7-9,11,14H,2-3,6,10,12-13H2,1H3/t14-/m0/s1. The molecule has 4 heterocycles. The lowest BCUT2D eigenvalue weighted by molar-refractivity contribution is -0.135. The zero-order valence-corrected chi connectivity index (χ0v) is 15.6. The molecule has 0 saturated carbocycles. The van der Waals surface area contributed by atoms with E-state index in [2.05, 4.69) is 11.9 Å². The highest BCUT2D eigenvalue weighted by atomic mass is 32.1. The molecule has 0 N–H and O–H groups in total. The third kappa shape index (κ3) is 3.07. The number of carbonyl (C=O) groups excluding carboxylic acids is 1. The van der Waals surface area contributed by atoms with Crippen molar-refractivity contribution in [3.05, 3.63) is 51.2 Å². The van der Waals surface area contributed by atoms with Gasteiger partial charge in [-0.15, -0.1) is 11.3 Å². The average molecular weight is 370 g/mol. The van der Waals surface area contributed by atoms with Crippen LogP contribution in [0.2, 0.25) is 0 Å². The van der Waals surface area contributed by atoms with Gasteiger partial charge >= 0.3 is 5.69 Å². The number of nitrogens with zero attached hydrogens (tertiary/aromatic N) is 4. The van der Waals surface area contributed by atoms with Crippen LogP contribution in [-0.2, 0) is 17.9 Å². The van der Waals surface area contributed by atoms with Crippen molar-refractivity contribution in [2.45, 2.75) is 45.3 Å². The minimum atomic E-state index is -0.176. The van der Waals surface area contributed by atoms with Gasteiger partial charge in [0.1, 0.15) is 6.54 Å². The van der Waals surface area contributed by atoms with Crippen molar-refractivity contribution in [3.8, 4) is 0 Å². The van der Waals surface area contributed by atoms with Crippen molar-refractivity contribution < 1.29 is 4.79 Å². The monoisotopic (exact) mass is 370 g/mol.